The number of benzene rings is 1. The second-order valence-electron chi connectivity index (χ2n) is 2.53. The first kappa shape index (κ1) is 9.98. The van der Waals surface area contributed by atoms with Crippen LogP contribution in [0.1, 0.15) is 5.56 Å². The Balaban J connectivity index is 3.13. The maximum atomic E-state index is 13.1. The first-order chi connectivity index (χ1) is 6.00. The molecule has 0 aliphatic rings. The molecule has 0 atom stereocenters. The minimum atomic E-state index is -1.08. The van der Waals surface area contributed by atoms with Gasteiger partial charge in [-0.2, -0.15) is 0 Å². The fraction of sp³-hybridized carbons (Fsp3) is 0.125. The van der Waals surface area contributed by atoms with E-state index in [1.54, 1.807) is 0 Å². The molecule has 0 aliphatic carbocycles. The summed E-state index contributed by atoms with van der Waals surface area (Å²) in [5.41, 5.74) is 5.72. The molecule has 0 radical (unpaired) electrons. The molecule has 70 valence electrons. The Morgan fingerprint density at radius 3 is 2.69 bits per heavy atom. The van der Waals surface area contributed by atoms with Crippen molar-refractivity contribution in [2.45, 2.75) is 6.42 Å². The van der Waals surface area contributed by atoms with Crippen LogP contribution >= 0.6 is 15.9 Å². The quantitative estimate of drug-likeness (QED) is 0.784. The maximum absolute atomic E-state index is 13.1. The van der Waals surface area contributed by atoms with Crippen LogP contribution in [-0.2, 0) is 11.2 Å². The first-order valence-electron chi connectivity index (χ1n) is 3.46. The van der Waals surface area contributed by atoms with Crippen LogP contribution in [0.2, 0.25) is 0 Å². The van der Waals surface area contributed by atoms with Gasteiger partial charge in [0.2, 0.25) is 0 Å². The van der Waals surface area contributed by atoms with Gasteiger partial charge in [0.25, 0.3) is 0 Å². The van der Waals surface area contributed by atoms with E-state index < -0.39 is 11.8 Å². The molecule has 3 N–H and O–H groups in total. The van der Waals surface area contributed by atoms with Gasteiger partial charge in [-0.05, 0) is 12.1 Å². The van der Waals surface area contributed by atoms with Crippen molar-refractivity contribution in [1.82, 2.24) is 0 Å². The van der Waals surface area contributed by atoms with Crippen molar-refractivity contribution in [2.24, 2.45) is 0 Å². The SMILES string of the molecule is Nc1cc(F)c(CC(=O)O)c(Br)c1. The number of carbonyl (C=O) groups is 1. The topological polar surface area (TPSA) is 63.3 Å². The number of nitrogens with two attached hydrogens (primary N) is 1. The summed E-state index contributed by atoms with van der Waals surface area (Å²) in [4.78, 5) is 10.3. The van der Waals surface area contributed by atoms with Crippen molar-refractivity contribution in [3.63, 3.8) is 0 Å². The van der Waals surface area contributed by atoms with Crippen molar-refractivity contribution >= 4 is 27.6 Å². The van der Waals surface area contributed by atoms with Crippen LogP contribution in [0.4, 0.5) is 10.1 Å². The molecular formula is C8H7BrFNO2. The minimum absolute atomic E-state index is 0.113. The maximum Gasteiger partial charge on any atom is 0.307 e. The largest absolute Gasteiger partial charge is 0.481 e. The van der Waals surface area contributed by atoms with Gasteiger partial charge in [0.05, 0.1) is 6.42 Å². The Morgan fingerprint density at radius 1 is 1.62 bits per heavy atom. The highest BCUT2D eigenvalue weighted by molar-refractivity contribution is 9.10. The van der Waals surface area contributed by atoms with Gasteiger partial charge in [-0.1, -0.05) is 15.9 Å². The number of hydrogen-bond donors (Lipinski definition) is 2. The fourth-order valence-corrected chi connectivity index (χ4v) is 1.54. The second-order valence-corrected chi connectivity index (χ2v) is 3.39. The first-order valence-corrected chi connectivity index (χ1v) is 4.25. The molecular weight excluding hydrogens is 241 g/mol. The summed E-state index contributed by atoms with van der Waals surface area (Å²) in [6, 6.07) is 2.57. The number of anilines is 1. The molecule has 1 aromatic rings. The van der Waals surface area contributed by atoms with Gasteiger partial charge in [-0.3, -0.25) is 4.79 Å². The van der Waals surface area contributed by atoms with E-state index >= 15 is 0 Å². The Bertz CT molecular complexity index is 331. The van der Waals surface area contributed by atoms with Crippen LogP contribution in [0.25, 0.3) is 0 Å². The molecule has 0 amide bonds. The lowest BCUT2D eigenvalue weighted by atomic mass is 10.1. The van der Waals surface area contributed by atoms with E-state index in [9.17, 15) is 9.18 Å². The summed E-state index contributed by atoms with van der Waals surface area (Å²) in [7, 11) is 0. The number of carboxylic acid groups (broad SMARTS) is 1. The molecule has 0 saturated heterocycles. The van der Waals surface area contributed by atoms with Crippen LogP contribution < -0.4 is 5.73 Å². The van der Waals surface area contributed by atoms with Crippen molar-refractivity contribution < 1.29 is 14.3 Å². The Morgan fingerprint density at radius 2 is 2.23 bits per heavy atom. The zero-order valence-electron chi connectivity index (χ0n) is 6.55. The fourth-order valence-electron chi connectivity index (χ4n) is 0.943. The molecule has 0 fully saturated rings. The van der Waals surface area contributed by atoms with E-state index in [0.717, 1.165) is 6.07 Å². The third-order valence-corrected chi connectivity index (χ3v) is 2.20. The molecule has 0 spiro atoms. The smallest absolute Gasteiger partial charge is 0.307 e. The van der Waals surface area contributed by atoms with Crippen LogP contribution in [-0.4, -0.2) is 11.1 Å². The van der Waals surface area contributed by atoms with Crippen molar-refractivity contribution in [2.75, 3.05) is 5.73 Å². The molecule has 3 nitrogen and oxygen atoms in total. The lowest BCUT2D eigenvalue weighted by Gasteiger charge is -2.04. The molecule has 13 heavy (non-hydrogen) atoms. The summed E-state index contributed by atoms with van der Waals surface area (Å²) < 4.78 is 13.5. The van der Waals surface area contributed by atoms with Crippen LogP contribution in [0.15, 0.2) is 16.6 Å². The number of rotatable bonds is 2. The number of hydrogen-bond acceptors (Lipinski definition) is 2. The molecule has 0 unspecified atom stereocenters. The summed E-state index contributed by atoms with van der Waals surface area (Å²) in [6.45, 7) is 0. The van der Waals surface area contributed by atoms with E-state index in [-0.39, 0.29) is 17.7 Å². The lowest BCUT2D eigenvalue weighted by molar-refractivity contribution is -0.136. The second kappa shape index (κ2) is 3.74. The number of nitrogen functional groups attached to an aromatic ring is 1. The van der Waals surface area contributed by atoms with Gasteiger partial charge in [-0.15, -0.1) is 0 Å². The minimum Gasteiger partial charge on any atom is -0.481 e. The third kappa shape index (κ3) is 2.42. The molecule has 5 heteroatoms. The Hall–Kier alpha value is -1.10. The van der Waals surface area contributed by atoms with Crippen molar-refractivity contribution in [1.29, 1.82) is 0 Å². The monoisotopic (exact) mass is 247 g/mol. The predicted octanol–water partition coefficient (Wildman–Crippen LogP) is 1.80. The Kier molecular flexibility index (Phi) is 2.87. The standard InChI is InChI=1S/C8H7BrFNO2/c9-6-1-4(11)2-7(10)5(6)3-8(12)13/h1-2H,3,11H2,(H,12,13). The Labute approximate surface area is 82.5 Å². The molecule has 0 heterocycles. The molecule has 0 aliphatic heterocycles. The highest BCUT2D eigenvalue weighted by atomic mass is 79.9. The summed E-state index contributed by atoms with van der Waals surface area (Å²) >= 11 is 3.04. The van der Waals surface area contributed by atoms with Gasteiger partial charge >= 0.3 is 5.97 Å². The van der Waals surface area contributed by atoms with Crippen LogP contribution in [0, 0.1) is 5.82 Å². The van der Waals surface area contributed by atoms with Crippen LogP contribution in [0.5, 0.6) is 0 Å². The zero-order valence-corrected chi connectivity index (χ0v) is 8.14. The molecule has 0 bridgehead atoms. The van der Waals surface area contributed by atoms with Crippen LogP contribution in [0.3, 0.4) is 0 Å². The van der Waals surface area contributed by atoms with Crippen molar-refractivity contribution in [3.05, 3.63) is 28.0 Å². The highest BCUT2D eigenvalue weighted by Gasteiger charge is 2.11. The van der Waals surface area contributed by atoms with Gasteiger partial charge in [0.15, 0.2) is 0 Å². The van der Waals surface area contributed by atoms with Gasteiger partial charge in [-0.25, -0.2) is 4.39 Å². The van der Waals surface area contributed by atoms with Crippen molar-refractivity contribution in [3.8, 4) is 0 Å². The van der Waals surface area contributed by atoms with Gasteiger partial charge in [0, 0.05) is 15.7 Å². The number of aliphatic carboxylic acids is 1. The molecule has 0 saturated carbocycles. The van der Waals surface area contributed by atoms with Gasteiger partial charge in [0.1, 0.15) is 5.82 Å². The highest BCUT2D eigenvalue weighted by Crippen LogP contribution is 2.23. The van der Waals surface area contributed by atoms with E-state index in [1.807, 2.05) is 0 Å². The van der Waals surface area contributed by atoms with E-state index in [4.69, 9.17) is 10.8 Å². The third-order valence-electron chi connectivity index (χ3n) is 1.49. The molecule has 1 aromatic carbocycles. The molecule has 1 rings (SSSR count). The average Bonchev–Trinajstić information content (AvgIpc) is 1.96. The normalized spacial score (nSPS) is 10.0. The number of halogens is 2. The van der Waals surface area contributed by atoms with E-state index in [1.165, 1.54) is 6.07 Å². The zero-order chi connectivity index (χ0) is 10.0. The number of carboxylic acids is 1. The molecule has 0 aromatic heterocycles. The lowest BCUT2D eigenvalue weighted by Crippen LogP contribution is -2.04. The van der Waals surface area contributed by atoms with E-state index in [0.29, 0.717) is 4.47 Å². The summed E-state index contributed by atoms with van der Waals surface area (Å²) in [5.74, 6) is -1.68. The van der Waals surface area contributed by atoms with Gasteiger partial charge < -0.3 is 10.8 Å². The average molecular weight is 248 g/mol. The summed E-state index contributed by atoms with van der Waals surface area (Å²) in [6.07, 6.45) is -0.354. The predicted molar refractivity (Wildman–Crippen MR) is 49.9 cm³/mol. The summed E-state index contributed by atoms with van der Waals surface area (Å²) in [5, 5.41) is 8.47. The van der Waals surface area contributed by atoms with E-state index in [2.05, 4.69) is 15.9 Å².